The highest BCUT2D eigenvalue weighted by atomic mass is 35.5. The van der Waals surface area contributed by atoms with Crippen molar-refractivity contribution in [3.63, 3.8) is 0 Å². The Balaban J connectivity index is 1.72. The minimum Gasteiger partial charge on any atom is -0.490 e. The fourth-order valence-corrected chi connectivity index (χ4v) is 4.40. The van der Waals surface area contributed by atoms with E-state index in [0.717, 1.165) is 0 Å². The first-order valence-electron chi connectivity index (χ1n) is 12.4. The van der Waals surface area contributed by atoms with Crippen LogP contribution in [0.5, 0.6) is 17.2 Å². The van der Waals surface area contributed by atoms with Gasteiger partial charge in [0.2, 0.25) is 0 Å². The zero-order valence-corrected chi connectivity index (χ0v) is 24.2. The molecule has 2 atom stereocenters. The van der Waals surface area contributed by atoms with Crippen LogP contribution in [0.15, 0.2) is 46.7 Å². The Labute approximate surface area is 242 Å². The molecule has 2 aromatic carbocycles. The Bertz CT molecular complexity index is 1300. The molecule has 0 saturated heterocycles. The van der Waals surface area contributed by atoms with Crippen molar-refractivity contribution >= 4 is 41.4 Å². The fourth-order valence-electron chi connectivity index (χ4n) is 3.85. The molecule has 0 bridgehead atoms. The highest BCUT2D eigenvalue weighted by molar-refractivity contribution is 6.36. The Kier molecular flexibility index (Phi) is 10.9. The van der Waals surface area contributed by atoms with Crippen molar-refractivity contribution in [1.29, 1.82) is 0 Å². The lowest BCUT2D eigenvalue weighted by atomic mass is 9.95. The number of hydrogen-bond donors (Lipinski definition) is 4. The lowest BCUT2D eigenvalue weighted by molar-refractivity contribution is -0.136. The van der Waals surface area contributed by atoms with Crippen LogP contribution in [0.2, 0.25) is 10.0 Å². The van der Waals surface area contributed by atoms with Gasteiger partial charge < -0.3 is 34.7 Å². The third-order valence-corrected chi connectivity index (χ3v) is 5.99. The van der Waals surface area contributed by atoms with Gasteiger partial charge in [-0.2, -0.15) is 5.10 Å². The maximum Gasteiger partial charge on any atom is 0.337 e. The Morgan fingerprint density at radius 3 is 2.62 bits per heavy atom. The smallest absolute Gasteiger partial charge is 0.337 e. The van der Waals surface area contributed by atoms with Crippen LogP contribution < -0.4 is 30.3 Å². The molecule has 216 valence electrons. The number of urea groups is 1. The van der Waals surface area contributed by atoms with Gasteiger partial charge in [0.1, 0.15) is 12.4 Å². The molecule has 1 heterocycles. The van der Waals surface area contributed by atoms with Crippen molar-refractivity contribution in [3.8, 4) is 17.2 Å². The zero-order chi connectivity index (χ0) is 29.4. The summed E-state index contributed by atoms with van der Waals surface area (Å²) in [6, 6.07) is 6.96. The SMILES string of the molecule is CCOc1cc([C@H]2NC(=O)NC(C)=C2C(=O)OC)ccc1OC[C@H](O)N/N=C/c1cc(Cl)cc(Cl)c1OC(C)C. The van der Waals surface area contributed by atoms with Crippen LogP contribution in [0.1, 0.15) is 44.9 Å². The number of aliphatic hydroxyl groups is 1. The van der Waals surface area contributed by atoms with Gasteiger partial charge in [-0.3, -0.25) is 5.43 Å². The third kappa shape index (κ3) is 7.93. The summed E-state index contributed by atoms with van der Waals surface area (Å²) in [4.78, 5) is 24.5. The molecule has 3 rings (SSSR count). The van der Waals surface area contributed by atoms with Gasteiger partial charge >= 0.3 is 12.0 Å². The number of halogens is 2. The number of esters is 1. The van der Waals surface area contributed by atoms with Gasteiger partial charge in [-0.15, -0.1) is 0 Å². The standard InChI is InChI=1S/C27H32Cl2N4O7/c1-6-38-21-10-16(24-23(26(35)37-5)15(4)31-27(36)32-24)7-8-20(21)39-13-22(34)33-30-12-17-9-18(28)11-19(29)25(17)40-14(2)3/h7-12,14,22,24,33-34H,6,13H2,1-5H3,(H2,31,32,36)/b30-12+/t22-,24+/m0/s1. The summed E-state index contributed by atoms with van der Waals surface area (Å²) in [5, 5.41) is 20.5. The summed E-state index contributed by atoms with van der Waals surface area (Å²) in [6.45, 7) is 7.30. The number of nitrogens with one attached hydrogen (secondary N) is 3. The van der Waals surface area contributed by atoms with Gasteiger partial charge in [-0.25, -0.2) is 9.59 Å². The predicted molar refractivity (Wildman–Crippen MR) is 151 cm³/mol. The van der Waals surface area contributed by atoms with Crippen molar-refractivity contribution in [3.05, 3.63) is 62.8 Å². The second-order valence-corrected chi connectivity index (χ2v) is 9.73. The maximum atomic E-state index is 12.4. The van der Waals surface area contributed by atoms with Crippen LogP contribution in [0.3, 0.4) is 0 Å². The third-order valence-electron chi connectivity index (χ3n) is 5.49. The number of nitrogens with zero attached hydrogens (tertiary/aromatic N) is 1. The first-order valence-corrected chi connectivity index (χ1v) is 13.2. The van der Waals surface area contributed by atoms with Crippen LogP contribution >= 0.6 is 23.2 Å². The molecule has 4 N–H and O–H groups in total. The number of carbonyl (C=O) groups is 2. The molecule has 0 aromatic heterocycles. The number of hydrazone groups is 1. The van der Waals surface area contributed by atoms with E-state index in [9.17, 15) is 14.7 Å². The molecular weight excluding hydrogens is 563 g/mol. The number of aliphatic hydroxyl groups excluding tert-OH is 1. The van der Waals surface area contributed by atoms with Crippen LogP contribution in [0, 0.1) is 0 Å². The lowest BCUT2D eigenvalue weighted by Gasteiger charge is -2.28. The van der Waals surface area contributed by atoms with Crippen molar-refractivity contribution in [2.45, 2.75) is 46.1 Å². The topological polar surface area (TPSA) is 140 Å². The number of hydrogen-bond acceptors (Lipinski definition) is 9. The summed E-state index contributed by atoms with van der Waals surface area (Å²) < 4.78 is 22.1. The number of methoxy groups -OCH3 is 1. The lowest BCUT2D eigenvalue weighted by Crippen LogP contribution is -2.45. The van der Waals surface area contributed by atoms with E-state index < -0.39 is 24.3 Å². The molecule has 2 aromatic rings. The Morgan fingerprint density at radius 2 is 1.95 bits per heavy atom. The molecular formula is C27H32Cl2N4O7. The minimum absolute atomic E-state index is 0.123. The Hall–Kier alpha value is -3.67. The quantitative estimate of drug-likeness (QED) is 0.123. The normalized spacial score (nSPS) is 15.9. The fraction of sp³-hybridized carbons (Fsp3) is 0.370. The van der Waals surface area contributed by atoms with Crippen molar-refractivity contribution < 1.29 is 33.6 Å². The van der Waals surface area contributed by atoms with E-state index in [-0.39, 0.29) is 18.3 Å². The van der Waals surface area contributed by atoms with Crippen molar-refractivity contribution in [1.82, 2.24) is 16.1 Å². The molecule has 40 heavy (non-hydrogen) atoms. The first-order chi connectivity index (χ1) is 19.0. The van der Waals surface area contributed by atoms with Gasteiger partial charge in [-0.05, 0) is 57.5 Å². The molecule has 0 radical (unpaired) electrons. The molecule has 2 amide bonds. The van der Waals surface area contributed by atoms with Crippen LogP contribution in [0.25, 0.3) is 0 Å². The maximum absolute atomic E-state index is 12.4. The van der Waals surface area contributed by atoms with Gasteiger partial charge in [0.05, 0.1) is 42.7 Å². The second-order valence-electron chi connectivity index (χ2n) is 8.89. The zero-order valence-electron chi connectivity index (χ0n) is 22.7. The number of ether oxygens (including phenoxy) is 4. The van der Waals surface area contributed by atoms with E-state index in [2.05, 4.69) is 21.2 Å². The molecule has 0 spiro atoms. The monoisotopic (exact) mass is 594 g/mol. The summed E-state index contributed by atoms with van der Waals surface area (Å²) in [7, 11) is 1.27. The van der Waals surface area contributed by atoms with Crippen LogP contribution in [0.4, 0.5) is 4.79 Å². The van der Waals surface area contributed by atoms with Crippen LogP contribution in [-0.2, 0) is 9.53 Å². The van der Waals surface area contributed by atoms with Gasteiger partial charge in [0.25, 0.3) is 0 Å². The summed E-state index contributed by atoms with van der Waals surface area (Å²) in [6.07, 6.45) is 0.123. The molecule has 0 unspecified atom stereocenters. The number of benzene rings is 2. The number of allylic oxidation sites excluding steroid dienone is 1. The molecule has 1 aliphatic heterocycles. The summed E-state index contributed by atoms with van der Waals surface area (Å²) >= 11 is 12.4. The molecule has 0 aliphatic carbocycles. The molecule has 0 fully saturated rings. The van der Waals surface area contributed by atoms with Gasteiger partial charge in [0.15, 0.2) is 17.7 Å². The van der Waals surface area contributed by atoms with Crippen molar-refractivity contribution in [2.75, 3.05) is 20.3 Å². The number of amides is 2. The van der Waals surface area contributed by atoms with E-state index in [1.54, 1.807) is 44.2 Å². The molecule has 1 aliphatic rings. The van der Waals surface area contributed by atoms with Gasteiger partial charge in [-0.1, -0.05) is 29.3 Å². The Morgan fingerprint density at radius 1 is 1.20 bits per heavy atom. The van der Waals surface area contributed by atoms with E-state index in [0.29, 0.717) is 50.7 Å². The molecule has 11 nitrogen and oxygen atoms in total. The average Bonchev–Trinajstić information content (AvgIpc) is 2.89. The minimum atomic E-state index is -1.19. The number of carbonyl (C=O) groups excluding carboxylic acids is 2. The van der Waals surface area contributed by atoms with Gasteiger partial charge in [0, 0.05) is 16.3 Å². The van der Waals surface area contributed by atoms with Crippen molar-refractivity contribution in [2.24, 2.45) is 5.10 Å². The summed E-state index contributed by atoms with van der Waals surface area (Å²) in [5.41, 5.74) is 4.33. The van der Waals surface area contributed by atoms with E-state index in [4.69, 9.17) is 42.1 Å². The van der Waals surface area contributed by atoms with E-state index >= 15 is 0 Å². The molecule has 13 heteroatoms. The van der Waals surface area contributed by atoms with Crippen LogP contribution in [-0.4, -0.2) is 56.0 Å². The predicted octanol–water partition coefficient (Wildman–Crippen LogP) is 4.30. The highest BCUT2D eigenvalue weighted by Crippen LogP contribution is 2.35. The largest absolute Gasteiger partial charge is 0.490 e. The molecule has 0 saturated carbocycles. The highest BCUT2D eigenvalue weighted by Gasteiger charge is 2.32. The average molecular weight is 595 g/mol. The van der Waals surface area contributed by atoms with E-state index in [1.807, 2.05) is 13.8 Å². The summed E-state index contributed by atoms with van der Waals surface area (Å²) in [5.74, 6) is 0.537. The number of rotatable bonds is 12. The van der Waals surface area contributed by atoms with E-state index in [1.165, 1.54) is 13.3 Å². The second kappa shape index (κ2) is 14.1. The first kappa shape index (κ1) is 30.9.